The second-order valence-corrected chi connectivity index (χ2v) is 8.73. The number of benzene rings is 2. The van der Waals surface area contributed by atoms with Crippen molar-refractivity contribution in [3.8, 4) is 6.07 Å². The number of rotatable bonds is 5. The third kappa shape index (κ3) is 3.41. The third-order valence-corrected chi connectivity index (χ3v) is 6.80. The van der Waals surface area contributed by atoms with E-state index in [1.165, 1.54) is 17.8 Å². The molecule has 1 aliphatic carbocycles. The summed E-state index contributed by atoms with van der Waals surface area (Å²) in [6.07, 6.45) is 2.45. The summed E-state index contributed by atoms with van der Waals surface area (Å²) in [5, 5.41) is 10.1. The van der Waals surface area contributed by atoms with Gasteiger partial charge in [0, 0.05) is 29.2 Å². The standard InChI is InChI=1S/C21H20FN3O2S/c22-15-6-9-17(10-7-15)28(26,27)24-16-8-11-21-19(14-16)18-4-1-2-5-20(18)25(21)13-3-12-23/h1-2,4-7,9-10,16,24H,3,8,11,13-14H2/t16-/m1/s1/i1+2,2+2,4+2,5+2,18+2,20+2. The minimum absolute atomic E-state index is 0.0659. The molecule has 1 aromatic heterocycles. The Kier molecular flexibility index (Phi) is 4.92. The van der Waals surface area contributed by atoms with Gasteiger partial charge in [0.1, 0.15) is 5.82 Å². The molecule has 0 spiro atoms. The normalized spacial score (nSPS) is 16.6. The zero-order valence-corrected chi connectivity index (χ0v) is 16.0. The van der Waals surface area contributed by atoms with Crippen LogP contribution in [0.4, 0.5) is 4.39 Å². The van der Waals surface area contributed by atoms with E-state index in [4.69, 9.17) is 5.26 Å². The topological polar surface area (TPSA) is 74.9 Å². The van der Waals surface area contributed by atoms with E-state index in [1.807, 2.05) is 24.3 Å². The molecule has 0 saturated carbocycles. The maximum absolute atomic E-state index is 13.1. The molecule has 4 rings (SSSR count). The number of halogens is 1. The van der Waals surface area contributed by atoms with Crippen molar-refractivity contribution in [2.75, 3.05) is 0 Å². The summed E-state index contributed by atoms with van der Waals surface area (Å²) in [7, 11) is -3.71. The maximum atomic E-state index is 13.1. The molecular formula is C21H20FN3O2S. The van der Waals surface area contributed by atoms with E-state index >= 15 is 0 Å². The summed E-state index contributed by atoms with van der Waals surface area (Å²) in [4.78, 5) is 0.0659. The van der Waals surface area contributed by atoms with Gasteiger partial charge in [0.25, 0.3) is 0 Å². The lowest BCUT2D eigenvalue weighted by Gasteiger charge is -2.25. The van der Waals surface area contributed by atoms with Crippen molar-refractivity contribution in [3.05, 3.63) is 65.6 Å². The lowest BCUT2D eigenvalue weighted by Crippen LogP contribution is -2.39. The van der Waals surface area contributed by atoms with Crippen LogP contribution in [-0.2, 0) is 29.4 Å². The quantitative estimate of drug-likeness (QED) is 0.701. The van der Waals surface area contributed by atoms with Gasteiger partial charge in [-0.05, 0) is 55.2 Å². The van der Waals surface area contributed by atoms with Gasteiger partial charge < -0.3 is 4.57 Å². The Morgan fingerprint density at radius 1 is 1.29 bits per heavy atom. The molecule has 0 bridgehead atoms. The van der Waals surface area contributed by atoms with Gasteiger partial charge in [0.2, 0.25) is 10.0 Å². The van der Waals surface area contributed by atoms with Gasteiger partial charge >= 0.3 is 0 Å². The van der Waals surface area contributed by atoms with Gasteiger partial charge in [-0.15, -0.1) is 0 Å². The zero-order valence-electron chi connectivity index (χ0n) is 15.2. The van der Waals surface area contributed by atoms with Crippen molar-refractivity contribution in [2.45, 2.75) is 43.2 Å². The fourth-order valence-corrected chi connectivity index (χ4v) is 5.29. The highest BCUT2D eigenvalue weighted by atomic mass is 32.2. The summed E-state index contributed by atoms with van der Waals surface area (Å²) in [5.74, 6) is -0.466. The highest BCUT2D eigenvalue weighted by Crippen LogP contribution is 2.33. The first kappa shape index (κ1) is 18.7. The highest BCUT2D eigenvalue weighted by molar-refractivity contribution is 7.89. The molecule has 0 radical (unpaired) electrons. The molecule has 7 heteroatoms. The minimum Gasteiger partial charge on any atom is -0.343 e. The number of sulfonamides is 1. The number of aryl methyl sites for hydroxylation is 1. The Balaban J connectivity index is 1.63. The summed E-state index contributed by atoms with van der Waals surface area (Å²) in [6.45, 7) is 0.637. The SMILES string of the molecule is N#CCCn1c2c([14c]3[14cH][14cH][14cH][14cH][14c]31)C[C@H](NS(=O)(=O)c1ccc(F)cc1)CC2. The Labute approximate surface area is 163 Å². The van der Waals surface area contributed by atoms with E-state index in [-0.39, 0.29) is 10.9 Å². The smallest absolute Gasteiger partial charge is 0.240 e. The van der Waals surface area contributed by atoms with E-state index in [1.54, 1.807) is 0 Å². The summed E-state index contributed by atoms with van der Waals surface area (Å²) < 4.78 is 43.4. The zero-order chi connectivity index (χ0) is 19.7. The fourth-order valence-electron chi connectivity index (χ4n) is 4.02. The number of para-hydroxylation sites is 1. The number of aromatic nitrogens is 1. The van der Waals surface area contributed by atoms with Gasteiger partial charge in [-0.3, -0.25) is 0 Å². The maximum Gasteiger partial charge on any atom is 0.240 e. The van der Waals surface area contributed by atoms with E-state index < -0.39 is 15.8 Å². The highest BCUT2D eigenvalue weighted by Gasteiger charge is 2.28. The van der Waals surface area contributed by atoms with E-state index in [0.717, 1.165) is 35.0 Å². The van der Waals surface area contributed by atoms with Crippen LogP contribution in [0.25, 0.3) is 10.9 Å². The Morgan fingerprint density at radius 3 is 2.79 bits per heavy atom. The molecule has 0 amide bonds. The van der Waals surface area contributed by atoms with Crippen molar-refractivity contribution in [3.63, 3.8) is 0 Å². The van der Waals surface area contributed by atoms with Crippen molar-refractivity contribution >= 4 is 20.9 Å². The average Bonchev–Trinajstić information content (AvgIpc) is 2.99. The van der Waals surface area contributed by atoms with E-state index in [9.17, 15) is 12.8 Å². The van der Waals surface area contributed by atoms with Crippen LogP contribution in [0.5, 0.6) is 0 Å². The Bertz CT molecular complexity index is 1160. The lowest BCUT2D eigenvalue weighted by molar-refractivity contribution is 0.496. The minimum atomic E-state index is -3.71. The van der Waals surface area contributed by atoms with E-state index in [0.29, 0.717) is 25.8 Å². The number of nitriles is 1. The molecule has 1 heterocycles. The summed E-state index contributed by atoms with van der Waals surface area (Å²) in [5.41, 5.74) is 3.42. The summed E-state index contributed by atoms with van der Waals surface area (Å²) >= 11 is 0. The predicted molar refractivity (Wildman–Crippen MR) is 105 cm³/mol. The van der Waals surface area contributed by atoms with Crippen LogP contribution < -0.4 is 4.72 Å². The first-order valence-corrected chi connectivity index (χ1v) is 10.7. The van der Waals surface area contributed by atoms with Crippen molar-refractivity contribution in [1.82, 2.24) is 9.29 Å². The van der Waals surface area contributed by atoms with Crippen LogP contribution >= 0.6 is 0 Å². The summed E-state index contributed by atoms with van der Waals surface area (Å²) in [6, 6.07) is 14.9. The lowest BCUT2D eigenvalue weighted by atomic mass is 9.96. The van der Waals surface area contributed by atoms with Crippen LogP contribution in [-0.4, -0.2) is 19.0 Å². The fraction of sp³-hybridized carbons (Fsp3) is 0.286. The van der Waals surface area contributed by atoms with Crippen molar-refractivity contribution < 1.29 is 12.8 Å². The van der Waals surface area contributed by atoms with Crippen molar-refractivity contribution in [1.29, 1.82) is 5.26 Å². The number of hydrogen-bond acceptors (Lipinski definition) is 3. The van der Waals surface area contributed by atoms with Crippen LogP contribution in [0.1, 0.15) is 24.1 Å². The molecule has 0 aliphatic heterocycles. The van der Waals surface area contributed by atoms with Gasteiger partial charge in [0.15, 0.2) is 0 Å². The van der Waals surface area contributed by atoms with Crippen LogP contribution in [0.2, 0.25) is 0 Å². The molecule has 3 aromatic rings. The predicted octanol–water partition coefficient (Wildman–Crippen LogP) is 3.53. The first-order chi connectivity index (χ1) is 13.5. The number of hydrogen-bond donors (Lipinski definition) is 1. The molecule has 5 nitrogen and oxygen atoms in total. The van der Waals surface area contributed by atoms with Crippen molar-refractivity contribution in [2.24, 2.45) is 0 Å². The molecule has 2 aromatic carbocycles. The number of nitrogens with one attached hydrogen (secondary N) is 1. The molecule has 0 fully saturated rings. The molecule has 28 heavy (non-hydrogen) atoms. The van der Waals surface area contributed by atoms with Gasteiger partial charge in [0.05, 0.1) is 17.4 Å². The first-order valence-electron chi connectivity index (χ1n) is 9.23. The average molecular weight is 409 g/mol. The van der Waals surface area contributed by atoms with Crippen LogP contribution in [0.3, 0.4) is 0 Å². The Morgan fingerprint density at radius 2 is 2.04 bits per heavy atom. The van der Waals surface area contributed by atoms with Gasteiger partial charge in [-0.1, -0.05) is 18.2 Å². The Hall–Kier alpha value is -2.69. The van der Waals surface area contributed by atoms with Gasteiger partial charge in [-0.25, -0.2) is 17.5 Å². The third-order valence-electron chi connectivity index (χ3n) is 5.27. The number of nitrogens with zero attached hydrogens (tertiary/aromatic N) is 2. The number of fused-ring (bicyclic) bond motifs is 3. The largest absolute Gasteiger partial charge is 0.343 e. The molecule has 1 aliphatic rings. The second-order valence-electron chi connectivity index (χ2n) is 7.02. The van der Waals surface area contributed by atoms with Crippen LogP contribution in [0.15, 0.2) is 53.4 Å². The molecule has 144 valence electrons. The van der Waals surface area contributed by atoms with Crippen LogP contribution in [0, 0.1) is 17.1 Å². The van der Waals surface area contributed by atoms with E-state index in [2.05, 4.69) is 15.4 Å². The molecule has 0 unspecified atom stereocenters. The molecular weight excluding hydrogens is 389 g/mol. The second kappa shape index (κ2) is 7.38. The molecule has 1 atom stereocenters. The molecule has 1 N–H and O–H groups in total. The monoisotopic (exact) mass is 409 g/mol. The molecule has 0 saturated heterocycles. The van der Waals surface area contributed by atoms with Gasteiger partial charge in [-0.2, -0.15) is 5.26 Å².